The van der Waals surface area contributed by atoms with Crippen molar-refractivity contribution >= 4 is 0 Å². The summed E-state index contributed by atoms with van der Waals surface area (Å²) in [7, 11) is 0. The van der Waals surface area contributed by atoms with E-state index in [9.17, 15) is 0 Å². The van der Waals surface area contributed by atoms with Crippen LogP contribution in [-0.4, -0.2) is 15.2 Å². The highest BCUT2D eigenvalue weighted by Crippen LogP contribution is 2.60. The molecule has 0 radical (unpaired) electrons. The number of aromatic amines is 1. The van der Waals surface area contributed by atoms with E-state index in [0.717, 1.165) is 29.4 Å². The second-order valence-corrected chi connectivity index (χ2v) is 6.44. The van der Waals surface area contributed by atoms with Gasteiger partial charge in [0.15, 0.2) is 5.82 Å². The third-order valence-corrected chi connectivity index (χ3v) is 5.11. The number of rotatable bonds is 1. The number of nitrogens with zero attached hydrogens (tertiary/aromatic N) is 2. The molecule has 4 aliphatic rings. The minimum absolute atomic E-state index is 0.361. The molecule has 1 aromatic rings. The van der Waals surface area contributed by atoms with Crippen LogP contribution in [0.15, 0.2) is 0 Å². The molecule has 0 aliphatic heterocycles. The topological polar surface area (TPSA) is 41.6 Å². The normalized spacial score (nSPS) is 45.2. The molecule has 86 valence electrons. The van der Waals surface area contributed by atoms with Crippen LogP contribution in [0.25, 0.3) is 0 Å². The van der Waals surface area contributed by atoms with E-state index >= 15 is 0 Å². The van der Waals surface area contributed by atoms with Crippen LogP contribution < -0.4 is 0 Å². The van der Waals surface area contributed by atoms with E-state index in [-0.39, 0.29) is 0 Å². The highest BCUT2D eigenvalue weighted by Gasteiger charge is 2.53. The zero-order chi connectivity index (χ0) is 10.8. The Morgan fingerprint density at radius 3 is 2.06 bits per heavy atom. The second kappa shape index (κ2) is 2.88. The van der Waals surface area contributed by atoms with E-state index in [4.69, 9.17) is 0 Å². The number of H-pyrrole nitrogens is 1. The van der Waals surface area contributed by atoms with Crippen molar-refractivity contribution in [1.29, 1.82) is 0 Å². The van der Waals surface area contributed by atoms with Crippen molar-refractivity contribution in [2.75, 3.05) is 0 Å². The van der Waals surface area contributed by atoms with Crippen LogP contribution in [-0.2, 0) is 5.41 Å². The molecule has 0 atom stereocenters. The van der Waals surface area contributed by atoms with Crippen LogP contribution in [0, 0.1) is 24.7 Å². The molecular formula is C13H19N3. The van der Waals surface area contributed by atoms with Gasteiger partial charge in [-0.3, -0.25) is 5.10 Å². The highest BCUT2D eigenvalue weighted by atomic mass is 15.2. The third kappa shape index (κ3) is 1.14. The van der Waals surface area contributed by atoms with Gasteiger partial charge in [-0.05, 0) is 63.2 Å². The summed E-state index contributed by atoms with van der Waals surface area (Å²) in [5, 5.41) is 7.50. The molecule has 0 spiro atoms. The van der Waals surface area contributed by atoms with Gasteiger partial charge in [-0.2, -0.15) is 5.10 Å². The molecule has 0 unspecified atom stereocenters. The lowest BCUT2D eigenvalue weighted by atomic mass is 9.49. The van der Waals surface area contributed by atoms with Crippen molar-refractivity contribution in [3.63, 3.8) is 0 Å². The Labute approximate surface area is 96.0 Å². The van der Waals surface area contributed by atoms with Crippen molar-refractivity contribution in [2.24, 2.45) is 17.8 Å². The molecular weight excluding hydrogens is 198 g/mol. The summed E-state index contributed by atoms with van der Waals surface area (Å²) in [4.78, 5) is 4.63. The molecule has 0 aromatic carbocycles. The Balaban J connectivity index is 1.76. The van der Waals surface area contributed by atoms with Crippen molar-refractivity contribution in [3.8, 4) is 0 Å². The fourth-order valence-corrected chi connectivity index (χ4v) is 4.96. The molecule has 3 heteroatoms. The van der Waals surface area contributed by atoms with Crippen molar-refractivity contribution in [3.05, 3.63) is 11.6 Å². The molecule has 4 saturated carbocycles. The molecule has 4 bridgehead atoms. The van der Waals surface area contributed by atoms with E-state index in [2.05, 4.69) is 15.2 Å². The summed E-state index contributed by atoms with van der Waals surface area (Å²) < 4.78 is 0. The Morgan fingerprint density at radius 1 is 1.06 bits per heavy atom. The summed E-state index contributed by atoms with van der Waals surface area (Å²) >= 11 is 0. The van der Waals surface area contributed by atoms with E-state index in [1.807, 2.05) is 6.92 Å². The van der Waals surface area contributed by atoms with Crippen molar-refractivity contribution in [2.45, 2.75) is 50.9 Å². The Bertz CT molecular complexity index is 385. The molecule has 3 nitrogen and oxygen atoms in total. The maximum absolute atomic E-state index is 4.63. The molecule has 16 heavy (non-hydrogen) atoms. The van der Waals surface area contributed by atoms with Gasteiger partial charge in [0, 0.05) is 5.41 Å². The van der Waals surface area contributed by atoms with Gasteiger partial charge in [0.2, 0.25) is 0 Å². The minimum Gasteiger partial charge on any atom is -0.263 e. The monoisotopic (exact) mass is 217 g/mol. The second-order valence-electron chi connectivity index (χ2n) is 6.44. The summed E-state index contributed by atoms with van der Waals surface area (Å²) in [6.07, 6.45) is 8.54. The van der Waals surface area contributed by atoms with Crippen LogP contribution in [0.4, 0.5) is 0 Å². The zero-order valence-corrected chi connectivity index (χ0v) is 9.87. The maximum atomic E-state index is 4.63. The van der Waals surface area contributed by atoms with Gasteiger partial charge >= 0.3 is 0 Å². The quantitative estimate of drug-likeness (QED) is 0.785. The fourth-order valence-electron chi connectivity index (χ4n) is 4.96. The Morgan fingerprint density at radius 2 is 1.62 bits per heavy atom. The van der Waals surface area contributed by atoms with Crippen LogP contribution in [0.2, 0.25) is 0 Å². The SMILES string of the molecule is Cc1nc(C23CC4CC(CC(C4)C2)C3)n[nH]1. The molecule has 1 N–H and O–H groups in total. The summed E-state index contributed by atoms with van der Waals surface area (Å²) in [5.74, 6) is 5.04. The summed E-state index contributed by atoms with van der Waals surface area (Å²) in [6.45, 7) is 2.01. The van der Waals surface area contributed by atoms with E-state index in [1.54, 1.807) is 0 Å². The Hall–Kier alpha value is -0.860. The molecule has 1 heterocycles. The maximum Gasteiger partial charge on any atom is 0.156 e. The van der Waals surface area contributed by atoms with Crippen LogP contribution in [0.1, 0.15) is 50.2 Å². The first-order valence-corrected chi connectivity index (χ1v) is 6.63. The van der Waals surface area contributed by atoms with E-state index in [0.29, 0.717) is 5.41 Å². The van der Waals surface area contributed by atoms with Gasteiger partial charge in [-0.15, -0.1) is 0 Å². The molecule has 5 rings (SSSR count). The number of aromatic nitrogens is 3. The lowest BCUT2D eigenvalue weighted by molar-refractivity contribution is -0.00924. The predicted octanol–water partition coefficient (Wildman–Crippen LogP) is 2.58. The standard InChI is InChI=1S/C13H19N3/c1-8-14-12(16-15-8)13-5-9-2-10(6-13)4-11(3-9)7-13/h9-11H,2-7H2,1H3,(H,14,15,16). The molecule has 0 amide bonds. The van der Waals surface area contributed by atoms with Gasteiger partial charge in [0.05, 0.1) is 0 Å². The average Bonchev–Trinajstić information content (AvgIpc) is 2.63. The largest absolute Gasteiger partial charge is 0.263 e. The zero-order valence-electron chi connectivity index (χ0n) is 9.87. The lowest BCUT2D eigenvalue weighted by Gasteiger charge is -2.55. The molecule has 4 fully saturated rings. The fraction of sp³-hybridized carbons (Fsp3) is 0.846. The molecule has 4 aliphatic carbocycles. The van der Waals surface area contributed by atoms with Gasteiger partial charge in [-0.1, -0.05) is 0 Å². The van der Waals surface area contributed by atoms with Gasteiger partial charge in [-0.25, -0.2) is 4.98 Å². The minimum atomic E-state index is 0.361. The van der Waals surface area contributed by atoms with Crippen LogP contribution in [0.3, 0.4) is 0 Å². The third-order valence-electron chi connectivity index (χ3n) is 5.11. The lowest BCUT2D eigenvalue weighted by Crippen LogP contribution is -2.49. The predicted molar refractivity (Wildman–Crippen MR) is 61.0 cm³/mol. The first kappa shape index (κ1) is 9.20. The number of hydrogen-bond donors (Lipinski definition) is 1. The van der Waals surface area contributed by atoms with Crippen LogP contribution >= 0.6 is 0 Å². The van der Waals surface area contributed by atoms with Gasteiger partial charge in [0.25, 0.3) is 0 Å². The first-order chi connectivity index (χ1) is 7.73. The smallest absolute Gasteiger partial charge is 0.156 e. The summed E-state index contributed by atoms with van der Waals surface area (Å²) in [5.41, 5.74) is 0.361. The van der Waals surface area contributed by atoms with Crippen LogP contribution in [0.5, 0.6) is 0 Å². The number of hydrogen-bond acceptors (Lipinski definition) is 2. The van der Waals surface area contributed by atoms with E-state index in [1.165, 1.54) is 38.5 Å². The van der Waals surface area contributed by atoms with E-state index < -0.39 is 0 Å². The van der Waals surface area contributed by atoms with Gasteiger partial charge < -0.3 is 0 Å². The Kier molecular flexibility index (Phi) is 1.65. The average molecular weight is 217 g/mol. The molecule has 0 saturated heterocycles. The first-order valence-electron chi connectivity index (χ1n) is 6.63. The highest BCUT2D eigenvalue weighted by molar-refractivity contribution is 5.16. The van der Waals surface area contributed by atoms with Gasteiger partial charge in [0.1, 0.15) is 5.82 Å². The van der Waals surface area contributed by atoms with Crippen molar-refractivity contribution < 1.29 is 0 Å². The van der Waals surface area contributed by atoms with Crippen molar-refractivity contribution in [1.82, 2.24) is 15.2 Å². The summed E-state index contributed by atoms with van der Waals surface area (Å²) in [6, 6.07) is 0. The number of nitrogens with one attached hydrogen (secondary N) is 1. The molecule has 1 aromatic heterocycles. The number of aryl methyl sites for hydroxylation is 1.